The second-order valence-electron chi connectivity index (χ2n) is 6.87. The zero-order chi connectivity index (χ0) is 20.2. The van der Waals surface area contributed by atoms with Crippen LogP contribution in [0, 0.1) is 0 Å². The van der Waals surface area contributed by atoms with E-state index < -0.39 is 0 Å². The van der Waals surface area contributed by atoms with Gasteiger partial charge in [-0.05, 0) is 43.7 Å². The van der Waals surface area contributed by atoms with Crippen molar-refractivity contribution in [2.24, 2.45) is 0 Å². The predicted octanol–water partition coefficient (Wildman–Crippen LogP) is 3.91. The van der Waals surface area contributed by atoms with Crippen LogP contribution in [0.1, 0.15) is 29.9 Å². The Balaban J connectivity index is 1.78. The van der Waals surface area contributed by atoms with Gasteiger partial charge in [-0.15, -0.1) is 5.10 Å². The van der Waals surface area contributed by atoms with Gasteiger partial charge in [-0.3, -0.25) is 9.48 Å². The van der Waals surface area contributed by atoms with Crippen LogP contribution in [-0.2, 0) is 6.54 Å². The molecule has 0 aliphatic heterocycles. The maximum Gasteiger partial charge on any atom is 0.277 e. The summed E-state index contributed by atoms with van der Waals surface area (Å²) in [6.45, 7) is 4.50. The van der Waals surface area contributed by atoms with Crippen LogP contribution in [0.25, 0.3) is 10.9 Å². The Morgan fingerprint density at radius 2 is 1.90 bits per heavy atom. The molecule has 0 unspecified atom stereocenters. The Hall–Kier alpha value is -3.74. The number of nitrogens with one attached hydrogen (secondary N) is 1. The van der Waals surface area contributed by atoms with Gasteiger partial charge in [-0.2, -0.15) is 10.2 Å². The molecule has 0 fully saturated rings. The van der Waals surface area contributed by atoms with Crippen molar-refractivity contribution in [2.75, 3.05) is 5.32 Å². The van der Waals surface area contributed by atoms with E-state index in [9.17, 15) is 4.79 Å². The fourth-order valence-electron chi connectivity index (χ4n) is 3.11. The van der Waals surface area contributed by atoms with Crippen LogP contribution in [0.4, 0.5) is 5.82 Å². The SMILES string of the molecule is CC(C)Oc1cccc2c1c(NC(=O)c1cccnn1)nn2Cc1ccccc1. The van der Waals surface area contributed by atoms with Crippen molar-refractivity contribution in [2.45, 2.75) is 26.5 Å². The molecule has 4 rings (SSSR count). The molecule has 7 nitrogen and oxygen atoms in total. The number of nitrogens with zero attached hydrogens (tertiary/aromatic N) is 4. The van der Waals surface area contributed by atoms with E-state index in [0.29, 0.717) is 18.1 Å². The normalized spacial score (nSPS) is 11.0. The molecule has 4 aromatic rings. The van der Waals surface area contributed by atoms with Crippen molar-refractivity contribution in [3.63, 3.8) is 0 Å². The minimum absolute atomic E-state index is 0.0124. The van der Waals surface area contributed by atoms with Gasteiger partial charge in [0.05, 0.1) is 23.6 Å². The van der Waals surface area contributed by atoms with Gasteiger partial charge in [0.25, 0.3) is 5.91 Å². The van der Waals surface area contributed by atoms with E-state index in [1.54, 1.807) is 12.1 Å². The summed E-state index contributed by atoms with van der Waals surface area (Å²) in [6, 6.07) is 19.1. The maximum absolute atomic E-state index is 12.7. The fraction of sp³-hybridized carbons (Fsp3) is 0.182. The van der Waals surface area contributed by atoms with Crippen molar-refractivity contribution >= 4 is 22.6 Å². The molecule has 0 atom stereocenters. The van der Waals surface area contributed by atoms with Crippen LogP contribution in [0.5, 0.6) is 5.75 Å². The number of ether oxygens (including phenoxy) is 1. The Labute approximate surface area is 168 Å². The zero-order valence-corrected chi connectivity index (χ0v) is 16.2. The van der Waals surface area contributed by atoms with Crippen molar-refractivity contribution in [1.82, 2.24) is 20.0 Å². The molecule has 0 spiro atoms. The van der Waals surface area contributed by atoms with Gasteiger partial charge in [0.1, 0.15) is 5.75 Å². The van der Waals surface area contributed by atoms with E-state index in [0.717, 1.165) is 16.5 Å². The largest absolute Gasteiger partial charge is 0.490 e. The maximum atomic E-state index is 12.7. The van der Waals surface area contributed by atoms with E-state index in [1.165, 1.54) is 6.20 Å². The highest BCUT2D eigenvalue weighted by Gasteiger charge is 2.19. The Morgan fingerprint density at radius 3 is 2.62 bits per heavy atom. The highest BCUT2D eigenvalue weighted by Crippen LogP contribution is 2.33. The molecule has 0 saturated heterocycles. The molecule has 0 saturated carbocycles. The van der Waals surface area contributed by atoms with Crippen molar-refractivity contribution < 1.29 is 9.53 Å². The summed E-state index contributed by atoms with van der Waals surface area (Å²) >= 11 is 0. The van der Waals surface area contributed by atoms with E-state index in [-0.39, 0.29) is 17.7 Å². The second-order valence-corrected chi connectivity index (χ2v) is 6.87. The number of rotatable bonds is 6. The minimum Gasteiger partial charge on any atom is -0.490 e. The zero-order valence-electron chi connectivity index (χ0n) is 16.2. The van der Waals surface area contributed by atoms with Gasteiger partial charge >= 0.3 is 0 Å². The highest BCUT2D eigenvalue weighted by molar-refractivity contribution is 6.08. The number of benzene rings is 2. The van der Waals surface area contributed by atoms with Crippen LogP contribution in [0.15, 0.2) is 66.9 Å². The summed E-state index contributed by atoms with van der Waals surface area (Å²) in [5, 5.41) is 15.9. The summed E-state index contributed by atoms with van der Waals surface area (Å²) in [6.07, 6.45) is 1.51. The number of carbonyl (C=O) groups is 1. The molecule has 0 aliphatic rings. The van der Waals surface area contributed by atoms with Gasteiger partial charge in [0, 0.05) is 6.20 Å². The third kappa shape index (κ3) is 4.08. The Kier molecular flexibility index (Phi) is 5.20. The summed E-state index contributed by atoms with van der Waals surface area (Å²) in [5.41, 5.74) is 2.21. The molecule has 2 aromatic heterocycles. The Morgan fingerprint density at radius 1 is 1.07 bits per heavy atom. The third-order valence-corrected chi connectivity index (χ3v) is 4.31. The van der Waals surface area contributed by atoms with Gasteiger partial charge in [0.15, 0.2) is 11.5 Å². The van der Waals surface area contributed by atoms with Crippen LogP contribution < -0.4 is 10.1 Å². The summed E-state index contributed by atoms with van der Waals surface area (Å²) < 4.78 is 7.85. The molecule has 2 aromatic carbocycles. The van der Waals surface area contributed by atoms with E-state index >= 15 is 0 Å². The number of anilines is 1. The lowest BCUT2D eigenvalue weighted by atomic mass is 10.2. The van der Waals surface area contributed by atoms with Crippen molar-refractivity contribution in [3.8, 4) is 5.75 Å². The molecule has 7 heteroatoms. The number of aromatic nitrogens is 4. The van der Waals surface area contributed by atoms with Crippen molar-refractivity contribution in [1.29, 1.82) is 0 Å². The van der Waals surface area contributed by atoms with Crippen LogP contribution in [0.3, 0.4) is 0 Å². The van der Waals surface area contributed by atoms with Crippen LogP contribution in [-0.4, -0.2) is 32.0 Å². The first-order valence-electron chi connectivity index (χ1n) is 9.41. The Bertz CT molecular complexity index is 1120. The summed E-state index contributed by atoms with van der Waals surface area (Å²) in [5.74, 6) is 0.734. The molecule has 0 bridgehead atoms. The van der Waals surface area contributed by atoms with Crippen LogP contribution in [0.2, 0.25) is 0 Å². The molecule has 29 heavy (non-hydrogen) atoms. The quantitative estimate of drug-likeness (QED) is 0.542. The summed E-state index contributed by atoms with van der Waals surface area (Å²) in [7, 11) is 0. The standard InChI is InChI=1S/C22H21N5O2/c1-15(2)29-19-12-6-11-18-20(19)21(24-22(28)17-10-7-13-23-25-17)26-27(18)14-16-8-4-3-5-9-16/h3-13,15H,14H2,1-2H3,(H,24,26,28). The first-order valence-corrected chi connectivity index (χ1v) is 9.41. The molecular formula is C22H21N5O2. The molecule has 1 N–H and O–H groups in total. The first kappa shape index (κ1) is 18.6. The van der Waals surface area contributed by atoms with E-state index in [1.807, 2.05) is 67.1 Å². The predicted molar refractivity (Wildman–Crippen MR) is 111 cm³/mol. The lowest BCUT2D eigenvalue weighted by molar-refractivity contribution is 0.102. The van der Waals surface area contributed by atoms with E-state index in [2.05, 4.69) is 20.6 Å². The van der Waals surface area contributed by atoms with Crippen LogP contribution >= 0.6 is 0 Å². The average Bonchev–Trinajstić information content (AvgIpc) is 3.07. The molecule has 0 aliphatic carbocycles. The number of amides is 1. The lowest BCUT2D eigenvalue weighted by Crippen LogP contribution is -2.15. The second kappa shape index (κ2) is 8.10. The average molecular weight is 387 g/mol. The smallest absolute Gasteiger partial charge is 0.277 e. The van der Waals surface area contributed by atoms with Gasteiger partial charge in [-0.1, -0.05) is 36.4 Å². The fourth-order valence-corrected chi connectivity index (χ4v) is 3.11. The van der Waals surface area contributed by atoms with Gasteiger partial charge in [-0.25, -0.2) is 0 Å². The van der Waals surface area contributed by atoms with Gasteiger partial charge in [0.2, 0.25) is 0 Å². The topological polar surface area (TPSA) is 81.9 Å². The summed E-state index contributed by atoms with van der Waals surface area (Å²) in [4.78, 5) is 12.7. The minimum atomic E-state index is -0.372. The number of hydrogen-bond donors (Lipinski definition) is 1. The number of fused-ring (bicyclic) bond motifs is 1. The first-order chi connectivity index (χ1) is 14.1. The monoisotopic (exact) mass is 387 g/mol. The van der Waals surface area contributed by atoms with E-state index in [4.69, 9.17) is 4.74 Å². The number of carbonyl (C=O) groups excluding carboxylic acids is 1. The number of hydrogen-bond acceptors (Lipinski definition) is 5. The lowest BCUT2D eigenvalue weighted by Gasteiger charge is -2.11. The highest BCUT2D eigenvalue weighted by atomic mass is 16.5. The third-order valence-electron chi connectivity index (χ3n) is 4.31. The van der Waals surface area contributed by atoms with Gasteiger partial charge < -0.3 is 10.1 Å². The molecule has 146 valence electrons. The van der Waals surface area contributed by atoms with Crippen molar-refractivity contribution in [3.05, 3.63) is 78.1 Å². The molecule has 2 heterocycles. The molecular weight excluding hydrogens is 366 g/mol. The molecule has 1 amide bonds. The molecule has 0 radical (unpaired) electrons.